The van der Waals surface area contributed by atoms with Gasteiger partial charge in [0.15, 0.2) is 0 Å². The van der Waals surface area contributed by atoms with E-state index in [0.717, 1.165) is 18.8 Å². The standard InChI is InChI=1S/C27H37N3O6/c1-5-15-29(19-11-9-18(10-12-19)28(7-3)8-4)24(33)22-27-14-13-26(6-2,36-27)21(25(34)35)20(27)23(32)30(22)16-17-31/h5,9-12,20-22,31H,1,6-8,13-17H2,2-4H3,(H,34,35)/t20-,21-,22?,26+,27?/m0/s1. The molecule has 36 heavy (non-hydrogen) atoms. The van der Waals surface area contributed by atoms with Crippen molar-refractivity contribution >= 4 is 29.2 Å². The molecule has 3 aliphatic heterocycles. The molecule has 9 heteroatoms. The number of aliphatic hydroxyl groups excluding tert-OH is 1. The minimum absolute atomic E-state index is 0.0643. The Balaban J connectivity index is 1.75. The van der Waals surface area contributed by atoms with Crippen LogP contribution in [-0.2, 0) is 19.1 Å². The Morgan fingerprint density at radius 2 is 1.81 bits per heavy atom. The normalized spacial score (nSPS) is 30.4. The van der Waals surface area contributed by atoms with Crippen LogP contribution >= 0.6 is 0 Å². The molecule has 3 heterocycles. The van der Waals surface area contributed by atoms with E-state index in [1.54, 1.807) is 11.0 Å². The molecular formula is C27H37N3O6. The summed E-state index contributed by atoms with van der Waals surface area (Å²) in [5.74, 6) is -3.85. The number of hydrogen-bond donors (Lipinski definition) is 2. The highest BCUT2D eigenvalue weighted by Gasteiger charge is 2.79. The van der Waals surface area contributed by atoms with Gasteiger partial charge in [-0.15, -0.1) is 6.58 Å². The number of likely N-dealkylation sites (tertiary alicyclic amines) is 1. The minimum Gasteiger partial charge on any atom is -0.481 e. The number of carboxylic acid groups (broad SMARTS) is 1. The van der Waals surface area contributed by atoms with E-state index in [-0.39, 0.29) is 25.6 Å². The third-order valence-electron chi connectivity index (χ3n) is 8.39. The number of benzene rings is 1. The van der Waals surface area contributed by atoms with Gasteiger partial charge in [-0.3, -0.25) is 14.4 Å². The maximum Gasteiger partial charge on any atom is 0.310 e. The Hall–Kier alpha value is -2.91. The lowest BCUT2D eigenvalue weighted by Gasteiger charge is -2.36. The summed E-state index contributed by atoms with van der Waals surface area (Å²) in [6.45, 7) is 11.4. The lowest BCUT2D eigenvalue weighted by molar-refractivity contribution is -0.155. The molecule has 2 amide bonds. The van der Waals surface area contributed by atoms with Gasteiger partial charge in [0.2, 0.25) is 5.91 Å². The molecule has 196 valence electrons. The second-order valence-electron chi connectivity index (χ2n) is 9.85. The van der Waals surface area contributed by atoms with E-state index >= 15 is 0 Å². The summed E-state index contributed by atoms with van der Waals surface area (Å²) < 4.78 is 6.51. The van der Waals surface area contributed by atoms with Crippen molar-refractivity contribution in [2.24, 2.45) is 11.8 Å². The number of carbonyl (C=O) groups is 3. The van der Waals surface area contributed by atoms with Gasteiger partial charge in [-0.25, -0.2) is 0 Å². The highest BCUT2D eigenvalue weighted by molar-refractivity contribution is 6.04. The van der Waals surface area contributed by atoms with Gasteiger partial charge in [0.05, 0.1) is 18.1 Å². The summed E-state index contributed by atoms with van der Waals surface area (Å²) in [7, 11) is 0. The minimum atomic E-state index is -1.23. The molecule has 5 atom stereocenters. The van der Waals surface area contributed by atoms with Crippen molar-refractivity contribution in [3.63, 3.8) is 0 Å². The Bertz CT molecular complexity index is 1020. The van der Waals surface area contributed by atoms with E-state index in [0.29, 0.717) is 24.9 Å². The van der Waals surface area contributed by atoms with Gasteiger partial charge in [0, 0.05) is 37.6 Å². The summed E-state index contributed by atoms with van der Waals surface area (Å²) in [5, 5.41) is 19.8. The number of carboxylic acids is 1. The van der Waals surface area contributed by atoms with Crippen LogP contribution in [-0.4, -0.2) is 82.9 Å². The smallest absolute Gasteiger partial charge is 0.310 e. The van der Waals surface area contributed by atoms with E-state index in [1.807, 2.05) is 31.2 Å². The van der Waals surface area contributed by atoms with Crippen LogP contribution in [0.1, 0.15) is 40.0 Å². The number of ether oxygens (including phenoxy) is 1. The van der Waals surface area contributed by atoms with Crippen LogP contribution in [0.15, 0.2) is 36.9 Å². The summed E-state index contributed by atoms with van der Waals surface area (Å²) >= 11 is 0. The van der Waals surface area contributed by atoms with Gasteiger partial charge >= 0.3 is 5.97 Å². The van der Waals surface area contributed by atoms with Crippen LogP contribution in [0.2, 0.25) is 0 Å². The number of aliphatic hydroxyl groups is 1. The third-order valence-corrected chi connectivity index (χ3v) is 8.39. The Morgan fingerprint density at radius 3 is 2.33 bits per heavy atom. The first kappa shape index (κ1) is 26.2. The predicted molar refractivity (Wildman–Crippen MR) is 136 cm³/mol. The zero-order valence-electron chi connectivity index (χ0n) is 21.4. The van der Waals surface area contributed by atoms with Crippen molar-refractivity contribution < 1.29 is 29.3 Å². The van der Waals surface area contributed by atoms with Crippen molar-refractivity contribution in [3.05, 3.63) is 36.9 Å². The first-order chi connectivity index (χ1) is 17.2. The van der Waals surface area contributed by atoms with Crippen molar-refractivity contribution in [1.29, 1.82) is 0 Å². The quantitative estimate of drug-likeness (QED) is 0.450. The highest BCUT2D eigenvalue weighted by Crippen LogP contribution is 2.64. The van der Waals surface area contributed by atoms with E-state index < -0.39 is 41.0 Å². The van der Waals surface area contributed by atoms with E-state index in [2.05, 4.69) is 25.3 Å². The van der Waals surface area contributed by atoms with Crippen LogP contribution in [0, 0.1) is 11.8 Å². The summed E-state index contributed by atoms with van der Waals surface area (Å²) in [4.78, 5) is 45.4. The average molecular weight is 500 g/mol. The molecule has 2 bridgehead atoms. The molecule has 0 saturated carbocycles. The molecule has 2 unspecified atom stereocenters. The number of amides is 2. The van der Waals surface area contributed by atoms with Crippen molar-refractivity contribution in [2.75, 3.05) is 42.6 Å². The van der Waals surface area contributed by atoms with E-state index in [9.17, 15) is 24.6 Å². The molecule has 1 spiro atoms. The molecule has 0 aromatic heterocycles. The average Bonchev–Trinajstić information content (AvgIpc) is 3.48. The van der Waals surface area contributed by atoms with Crippen LogP contribution in [0.25, 0.3) is 0 Å². The molecule has 0 radical (unpaired) electrons. The number of rotatable bonds is 11. The number of nitrogens with zero attached hydrogens (tertiary/aromatic N) is 3. The van der Waals surface area contributed by atoms with E-state index in [1.165, 1.54) is 4.90 Å². The molecule has 4 rings (SSSR count). The Kier molecular flexibility index (Phi) is 7.16. The van der Waals surface area contributed by atoms with Crippen molar-refractivity contribution in [1.82, 2.24) is 4.90 Å². The molecule has 1 aromatic rings. The third kappa shape index (κ3) is 3.71. The number of β-amino-alcohol motifs (C(OH)–C–C–N with tert-alkyl or cyclic N) is 1. The van der Waals surface area contributed by atoms with Gasteiger partial charge < -0.3 is 29.6 Å². The summed E-state index contributed by atoms with van der Waals surface area (Å²) in [6, 6.07) is 6.64. The fraction of sp³-hybridized carbons (Fsp3) is 0.593. The topological polar surface area (TPSA) is 111 Å². The molecule has 3 saturated heterocycles. The predicted octanol–water partition coefficient (Wildman–Crippen LogP) is 2.28. The fourth-order valence-corrected chi connectivity index (χ4v) is 6.75. The molecule has 1 aromatic carbocycles. The number of aliphatic carboxylic acids is 1. The maximum absolute atomic E-state index is 14.3. The number of hydrogen-bond acceptors (Lipinski definition) is 6. The SMILES string of the molecule is C=CCN(C(=O)C1N(CCO)C(=O)[C@@H]2[C@@H](C(=O)O)[C@@]3(CC)CCC12O3)c1ccc(N(CC)CC)cc1. The lowest BCUT2D eigenvalue weighted by atomic mass is 9.65. The maximum atomic E-state index is 14.3. The Morgan fingerprint density at radius 1 is 1.17 bits per heavy atom. The van der Waals surface area contributed by atoms with Gasteiger partial charge in [-0.2, -0.15) is 0 Å². The van der Waals surface area contributed by atoms with Gasteiger partial charge in [-0.05, 0) is 57.4 Å². The first-order valence-corrected chi connectivity index (χ1v) is 12.9. The summed E-state index contributed by atoms with van der Waals surface area (Å²) in [6.07, 6.45) is 2.96. The highest BCUT2D eigenvalue weighted by atomic mass is 16.5. The van der Waals surface area contributed by atoms with Crippen molar-refractivity contribution in [3.8, 4) is 0 Å². The monoisotopic (exact) mass is 499 g/mol. The summed E-state index contributed by atoms with van der Waals surface area (Å²) in [5.41, 5.74) is -0.508. The van der Waals surface area contributed by atoms with Gasteiger partial charge in [-0.1, -0.05) is 13.0 Å². The zero-order valence-corrected chi connectivity index (χ0v) is 21.4. The largest absolute Gasteiger partial charge is 0.481 e. The molecule has 3 fully saturated rings. The van der Waals surface area contributed by atoms with Crippen molar-refractivity contribution in [2.45, 2.75) is 57.3 Å². The molecule has 0 aliphatic carbocycles. The van der Waals surface area contributed by atoms with Crippen LogP contribution in [0.3, 0.4) is 0 Å². The Labute approximate surface area is 212 Å². The second kappa shape index (κ2) is 9.86. The number of fused-ring (bicyclic) bond motifs is 1. The van der Waals surface area contributed by atoms with Crippen LogP contribution < -0.4 is 9.80 Å². The molecule has 9 nitrogen and oxygen atoms in total. The second-order valence-corrected chi connectivity index (χ2v) is 9.85. The van der Waals surface area contributed by atoms with Crippen LogP contribution in [0.5, 0.6) is 0 Å². The molecule has 2 N–H and O–H groups in total. The first-order valence-electron chi connectivity index (χ1n) is 12.9. The van der Waals surface area contributed by atoms with E-state index in [4.69, 9.17) is 4.74 Å². The van der Waals surface area contributed by atoms with Gasteiger partial charge in [0.1, 0.15) is 17.6 Å². The fourth-order valence-electron chi connectivity index (χ4n) is 6.75. The number of anilines is 2. The van der Waals surface area contributed by atoms with Gasteiger partial charge in [0.25, 0.3) is 5.91 Å². The molecular weight excluding hydrogens is 462 g/mol. The zero-order chi connectivity index (χ0) is 26.3. The number of carbonyl (C=O) groups excluding carboxylic acids is 2. The van der Waals surface area contributed by atoms with Crippen LogP contribution in [0.4, 0.5) is 11.4 Å². The lowest BCUT2D eigenvalue weighted by Crippen LogP contribution is -2.56. The molecule has 3 aliphatic rings.